The predicted octanol–water partition coefficient (Wildman–Crippen LogP) is 5.96. The van der Waals surface area contributed by atoms with Gasteiger partial charge in [0.2, 0.25) is 11.5 Å². The molecule has 160 valence electrons. The smallest absolute Gasteiger partial charge is 0.230 e. The van der Waals surface area contributed by atoms with Gasteiger partial charge in [0.15, 0.2) is 0 Å². The summed E-state index contributed by atoms with van der Waals surface area (Å²) >= 11 is 13.5. The lowest BCUT2D eigenvalue weighted by Gasteiger charge is -2.19. The number of carbonyl (C=O) groups is 1. The van der Waals surface area contributed by atoms with Crippen LogP contribution in [0.4, 0.5) is 5.69 Å². The maximum absolute atomic E-state index is 12.5. The zero-order valence-electron chi connectivity index (χ0n) is 16.7. The van der Waals surface area contributed by atoms with Gasteiger partial charge in [0.05, 0.1) is 11.4 Å². The second-order valence-corrected chi connectivity index (χ2v) is 9.21. The van der Waals surface area contributed by atoms with Gasteiger partial charge in [0.25, 0.3) is 0 Å². The largest absolute Gasteiger partial charge is 0.459 e. The van der Waals surface area contributed by atoms with Crippen LogP contribution >= 0.6 is 35.0 Å². The van der Waals surface area contributed by atoms with Gasteiger partial charge in [-0.1, -0.05) is 71.4 Å². The van der Waals surface area contributed by atoms with Gasteiger partial charge >= 0.3 is 0 Å². The molecule has 1 heterocycles. The normalized spacial score (nSPS) is 15.5. The number of benzene rings is 3. The minimum absolute atomic E-state index is 0.0265. The van der Waals surface area contributed by atoms with Gasteiger partial charge in [0, 0.05) is 22.5 Å². The molecule has 1 aliphatic heterocycles. The van der Waals surface area contributed by atoms with Crippen LogP contribution in [0.25, 0.3) is 0 Å². The summed E-state index contributed by atoms with van der Waals surface area (Å²) in [5, 5.41) is 7.74. The molecule has 4 nitrogen and oxygen atoms in total. The zero-order valence-corrected chi connectivity index (χ0v) is 19.0. The molecule has 0 spiro atoms. The van der Waals surface area contributed by atoms with Gasteiger partial charge in [-0.25, -0.2) is 0 Å². The molecule has 0 fully saturated rings. The number of hydrogen-bond donors (Lipinski definition) is 2. The fourth-order valence-electron chi connectivity index (χ4n) is 3.42. The van der Waals surface area contributed by atoms with Crippen LogP contribution < -0.4 is 15.4 Å². The fourth-order valence-corrected chi connectivity index (χ4v) is 4.46. The first kappa shape index (κ1) is 21.9. The monoisotopic (exact) mass is 472 g/mol. The van der Waals surface area contributed by atoms with E-state index in [4.69, 9.17) is 27.9 Å². The van der Waals surface area contributed by atoms with Crippen LogP contribution in [-0.4, -0.2) is 23.8 Å². The molecule has 0 saturated carbocycles. The Hall–Kier alpha value is -2.34. The van der Waals surface area contributed by atoms with Gasteiger partial charge in [-0.2, -0.15) is 0 Å². The van der Waals surface area contributed by atoms with E-state index >= 15 is 0 Å². The Labute approximate surface area is 196 Å². The Kier molecular flexibility index (Phi) is 7.28. The lowest BCUT2D eigenvalue weighted by atomic mass is 9.92. The van der Waals surface area contributed by atoms with Crippen molar-refractivity contribution in [3.8, 4) is 5.75 Å². The van der Waals surface area contributed by atoms with Crippen LogP contribution in [0.1, 0.15) is 17.0 Å². The summed E-state index contributed by atoms with van der Waals surface area (Å²) in [7, 11) is 0. The van der Waals surface area contributed by atoms with Crippen LogP contribution in [0.15, 0.2) is 72.8 Å². The van der Waals surface area contributed by atoms with E-state index in [1.165, 1.54) is 11.8 Å². The summed E-state index contributed by atoms with van der Waals surface area (Å²) in [6.45, 7) is 0.531. The molecular weight excluding hydrogens is 451 g/mol. The molecule has 0 radical (unpaired) electrons. The average Bonchev–Trinajstić information content (AvgIpc) is 3.20. The Morgan fingerprint density at radius 2 is 1.68 bits per heavy atom. The van der Waals surface area contributed by atoms with Crippen molar-refractivity contribution in [1.82, 2.24) is 5.32 Å². The van der Waals surface area contributed by atoms with E-state index < -0.39 is 0 Å². The Morgan fingerprint density at radius 3 is 2.39 bits per heavy atom. The Morgan fingerprint density at radius 1 is 1.00 bits per heavy atom. The van der Waals surface area contributed by atoms with E-state index in [2.05, 4.69) is 10.6 Å². The molecule has 31 heavy (non-hydrogen) atoms. The molecule has 1 aliphatic rings. The van der Waals surface area contributed by atoms with Gasteiger partial charge in [-0.15, -0.1) is 0 Å². The molecule has 7 heteroatoms. The summed E-state index contributed by atoms with van der Waals surface area (Å²) in [6.07, 6.45) is 0.787. The molecule has 3 aromatic carbocycles. The molecule has 0 saturated heterocycles. The number of ether oxygens (including phenoxy) is 1. The first-order valence-electron chi connectivity index (χ1n) is 9.97. The van der Waals surface area contributed by atoms with Crippen LogP contribution in [0.3, 0.4) is 0 Å². The third-order valence-electron chi connectivity index (χ3n) is 5.04. The molecule has 4 rings (SSSR count). The summed E-state index contributed by atoms with van der Waals surface area (Å²) in [5.41, 5.74) is 2.98. The Bertz CT molecular complexity index is 1000. The standard InChI is InChI=1S/C24H22Cl2N2O2S/c25-19-9-5-16(6-10-19)13-18(17-7-11-20(26)12-8-17)14-27-23(29)15-31-24-28-21-3-1-2-4-22(21)30-24/h1-12,18,24,28H,13-15H2,(H,27,29)/t18-,24?/m0/s1. The van der Waals surface area contributed by atoms with E-state index in [0.29, 0.717) is 22.3 Å². The summed E-state index contributed by atoms with van der Waals surface area (Å²) in [6, 6.07) is 23.3. The van der Waals surface area contributed by atoms with Crippen molar-refractivity contribution in [3.05, 3.63) is 94.0 Å². The van der Waals surface area contributed by atoms with Crippen LogP contribution in [0, 0.1) is 0 Å². The van der Waals surface area contributed by atoms with E-state index in [-0.39, 0.29) is 17.4 Å². The highest BCUT2D eigenvalue weighted by Crippen LogP contribution is 2.34. The van der Waals surface area contributed by atoms with E-state index in [9.17, 15) is 4.79 Å². The molecule has 1 amide bonds. The van der Waals surface area contributed by atoms with Crippen LogP contribution in [-0.2, 0) is 11.2 Å². The van der Waals surface area contributed by atoms with Crippen molar-refractivity contribution >= 4 is 46.6 Å². The molecular formula is C24H22Cl2N2O2S. The number of halogens is 2. The number of para-hydroxylation sites is 2. The minimum atomic E-state index is -0.260. The van der Waals surface area contributed by atoms with E-state index in [0.717, 1.165) is 29.0 Å². The number of anilines is 1. The van der Waals surface area contributed by atoms with Crippen molar-refractivity contribution in [2.45, 2.75) is 17.9 Å². The second-order valence-electron chi connectivity index (χ2n) is 7.28. The topological polar surface area (TPSA) is 50.4 Å². The van der Waals surface area contributed by atoms with Gasteiger partial charge in [0.1, 0.15) is 5.75 Å². The lowest BCUT2D eigenvalue weighted by molar-refractivity contribution is -0.118. The molecule has 0 aliphatic carbocycles. The first-order chi connectivity index (χ1) is 15.1. The van der Waals surface area contributed by atoms with Gasteiger partial charge in [-0.05, 0) is 53.9 Å². The minimum Gasteiger partial charge on any atom is -0.459 e. The van der Waals surface area contributed by atoms with Crippen LogP contribution in [0.2, 0.25) is 10.0 Å². The Balaban J connectivity index is 1.32. The van der Waals surface area contributed by atoms with Gasteiger partial charge < -0.3 is 15.4 Å². The number of fused-ring (bicyclic) bond motifs is 1. The summed E-state index contributed by atoms with van der Waals surface area (Å²) < 4.78 is 5.80. The maximum atomic E-state index is 12.5. The van der Waals surface area contributed by atoms with E-state index in [1.54, 1.807) is 0 Å². The average molecular weight is 473 g/mol. The zero-order chi connectivity index (χ0) is 21.6. The molecule has 2 N–H and O–H groups in total. The fraction of sp³-hybridized carbons (Fsp3) is 0.208. The van der Waals surface area contributed by atoms with E-state index in [1.807, 2.05) is 72.8 Å². The molecule has 0 aromatic heterocycles. The van der Waals surface area contributed by atoms with Crippen molar-refractivity contribution in [2.24, 2.45) is 0 Å². The highest BCUT2D eigenvalue weighted by atomic mass is 35.5. The third kappa shape index (κ3) is 6.10. The summed E-state index contributed by atoms with van der Waals surface area (Å²) in [5.74, 6) is 1.21. The van der Waals surface area contributed by atoms with Crippen molar-refractivity contribution in [1.29, 1.82) is 0 Å². The highest BCUT2D eigenvalue weighted by molar-refractivity contribution is 8.00. The SMILES string of the molecule is O=C(CSC1Nc2ccccc2O1)NC[C@H](Cc1ccc(Cl)cc1)c1ccc(Cl)cc1. The summed E-state index contributed by atoms with van der Waals surface area (Å²) in [4.78, 5) is 12.5. The highest BCUT2D eigenvalue weighted by Gasteiger charge is 2.22. The van der Waals surface area contributed by atoms with Crippen molar-refractivity contribution < 1.29 is 9.53 Å². The lowest BCUT2D eigenvalue weighted by Crippen LogP contribution is -2.32. The van der Waals surface area contributed by atoms with Crippen LogP contribution in [0.5, 0.6) is 5.75 Å². The number of amides is 1. The number of rotatable bonds is 8. The van der Waals surface area contributed by atoms with Crippen molar-refractivity contribution in [3.63, 3.8) is 0 Å². The number of carbonyl (C=O) groups excluding carboxylic acids is 1. The number of hydrogen-bond acceptors (Lipinski definition) is 4. The molecule has 2 atom stereocenters. The molecule has 1 unspecified atom stereocenters. The molecule has 0 bridgehead atoms. The molecule has 3 aromatic rings. The number of thioether (sulfide) groups is 1. The van der Waals surface area contributed by atoms with Crippen molar-refractivity contribution in [2.75, 3.05) is 17.6 Å². The predicted molar refractivity (Wildman–Crippen MR) is 129 cm³/mol. The third-order valence-corrected chi connectivity index (χ3v) is 6.49. The van der Waals surface area contributed by atoms with Gasteiger partial charge in [-0.3, -0.25) is 4.79 Å². The first-order valence-corrected chi connectivity index (χ1v) is 11.8. The number of nitrogens with one attached hydrogen (secondary N) is 2. The quantitative estimate of drug-likeness (QED) is 0.424. The maximum Gasteiger partial charge on any atom is 0.230 e. The second kappa shape index (κ2) is 10.3.